The van der Waals surface area contributed by atoms with E-state index in [0.717, 1.165) is 41.7 Å². The van der Waals surface area contributed by atoms with E-state index >= 15 is 0 Å². The largest absolute Gasteiger partial charge is 0.338 e. The zero-order chi connectivity index (χ0) is 13.6. The molecule has 0 aliphatic rings. The van der Waals surface area contributed by atoms with E-state index in [1.54, 1.807) is 0 Å². The molecule has 19 heavy (non-hydrogen) atoms. The zero-order valence-electron chi connectivity index (χ0n) is 10.5. The minimum absolute atomic E-state index is 0.881. The second kappa shape index (κ2) is 4.86. The van der Waals surface area contributed by atoms with Crippen LogP contribution in [-0.4, -0.2) is 15.0 Å². The normalized spacial score (nSPS) is 11.2. The lowest BCUT2D eigenvalue weighted by Gasteiger charge is -2.03. The highest BCUT2D eigenvalue weighted by Gasteiger charge is 2.13. The molecule has 0 saturated heterocycles. The molecule has 3 rings (SSSR count). The molecule has 0 aliphatic carbocycles. The van der Waals surface area contributed by atoms with Gasteiger partial charge in [0.1, 0.15) is 5.82 Å². The van der Waals surface area contributed by atoms with E-state index in [4.69, 9.17) is 4.98 Å². The van der Waals surface area contributed by atoms with Crippen LogP contribution >= 0.6 is 38.5 Å². The van der Waals surface area contributed by atoms with Crippen molar-refractivity contribution in [2.75, 3.05) is 0 Å². The second-order valence-corrected chi connectivity index (χ2v) is 6.54. The number of benzene rings is 1. The van der Waals surface area contributed by atoms with Gasteiger partial charge in [-0.25, -0.2) is 4.98 Å². The number of pyridine rings is 1. The molecular weight excluding hydrogens is 417 g/mol. The molecule has 3 aromatic rings. The molecule has 0 amide bonds. The van der Waals surface area contributed by atoms with Crippen LogP contribution in [0.1, 0.15) is 11.3 Å². The maximum atomic E-state index is 4.72. The van der Waals surface area contributed by atoms with Gasteiger partial charge in [-0.05, 0) is 60.2 Å². The van der Waals surface area contributed by atoms with Crippen LogP contribution in [0.5, 0.6) is 0 Å². The van der Waals surface area contributed by atoms with Crippen LogP contribution in [0, 0.1) is 17.4 Å². The lowest BCUT2D eigenvalue weighted by molar-refractivity contribution is 1.17. The first-order valence-electron chi connectivity index (χ1n) is 5.83. The quantitative estimate of drug-likeness (QED) is 0.576. The van der Waals surface area contributed by atoms with Gasteiger partial charge in [-0.15, -0.1) is 0 Å². The van der Waals surface area contributed by atoms with Gasteiger partial charge in [-0.2, -0.15) is 0 Å². The third-order valence-corrected chi connectivity index (χ3v) is 4.43. The number of halogens is 2. The molecule has 1 aromatic carbocycles. The van der Waals surface area contributed by atoms with E-state index in [9.17, 15) is 0 Å². The Morgan fingerprint density at radius 2 is 2.05 bits per heavy atom. The van der Waals surface area contributed by atoms with Gasteiger partial charge in [-0.3, -0.25) is 4.98 Å². The maximum Gasteiger partial charge on any atom is 0.141 e. The lowest BCUT2D eigenvalue weighted by atomic mass is 10.2. The van der Waals surface area contributed by atoms with Gasteiger partial charge in [-0.1, -0.05) is 15.9 Å². The summed E-state index contributed by atoms with van der Waals surface area (Å²) in [6.45, 7) is 4.08. The van der Waals surface area contributed by atoms with Crippen molar-refractivity contribution in [3.8, 4) is 11.4 Å². The molecule has 0 aliphatic heterocycles. The third-order valence-electron chi connectivity index (χ3n) is 3.07. The molecule has 5 heteroatoms. The SMILES string of the molecule is Cc1nccc(I)c1-c1nc2c(C)cc(Br)cc2[nH]1. The van der Waals surface area contributed by atoms with E-state index in [2.05, 4.69) is 67.5 Å². The van der Waals surface area contributed by atoms with Crippen LogP contribution in [0.15, 0.2) is 28.9 Å². The Morgan fingerprint density at radius 1 is 1.26 bits per heavy atom. The Balaban J connectivity index is 2.30. The molecule has 3 nitrogen and oxygen atoms in total. The Hall–Kier alpha value is -0.950. The molecule has 96 valence electrons. The standard InChI is InChI=1S/C14H11BrIN3/c1-7-5-9(15)6-11-13(7)19-14(18-11)12-8(2)17-4-3-10(12)16/h3-6H,1-2H3,(H,18,19). The molecule has 0 atom stereocenters. The van der Waals surface area contributed by atoms with Gasteiger partial charge in [0.2, 0.25) is 0 Å². The van der Waals surface area contributed by atoms with Crippen LogP contribution in [0.3, 0.4) is 0 Å². The predicted molar refractivity (Wildman–Crippen MR) is 89.2 cm³/mol. The summed E-state index contributed by atoms with van der Waals surface area (Å²) in [5.74, 6) is 0.881. The van der Waals surface area contributed by atoms with Crippen molar-refractivity contribution in [1.29, 1.82) is 0 Å². The van der Waals surface area contributed by atoms with E-state index < -0.39 is 0 Å². The highest BCUT2D eigenvalue weighted by atomic mass is 127. The molecule has 1 N–H and O–H groups in total. The number of nitrogens with zero attached hydrogens (tertiary/aromatic N) is 2. The van der Waals surface area contributed by atoms with E-state index in [1.807, 2.05) is 19.2 Å². The van der Waals surface area contributed by atoms with Crippen molar-refractivity contribution in [3.05, 3.63) is 43.7 Å². The van der Waals surface area contributed by atoms with Crippen molar-refractivity contribution >= 4 is 49.6 Å². The summed E-state index contributed by atoms with van der Waals surface area (Å²) in [7, 11) is 0. The van der Waals surface area contributed by atoms with Crippen LogP contribution in [0.25, 0.3) is 22.4 Å². The summed E-state index contributed by atoms with van der Waals surface area (Å²) in [4.78, 5) is 12.5. The van der Waals surface area contributed by atoms with Gasteiger partial charge in [0, 0.05) is 19.9 Å². The number of hydrogen-bond donors (Lipinski definition) is 1. The summed E-state index contributed by atoms with van der Waals surface area (Å²) < 4.78 is 2.21. The molecule has 0 saturated carbocycles. The molecular formula is C14H11BrIN3. The fraction of sp³-hybridized carbons (Fsp3) is 0.143. The zero-order valence-corrected chi connectivity index (χ0v) is 14.2. The fourth-order valence-corrected chi connectivity index (χ4v) is 3.56. The fourth-order valence-electron chi connectivity index (χ4n) is 2.18. The number of rotatable bonds is 1. The number of imidazole rings is 1. The molecule has 0 radical (unpaired) electrons. The van der Waals surface area contributed by atoms with Gasteiger partial charge in [0.05, 0.1) is 16.6 Å². The Kier molecular flexibility index (Phi) is 3.34. The van der Waals surface area contributed by atoms with Crippen molar-refractivity contribution < 1.29 is 0 Å². The Morgan fingerprint density at radius 3 is 2.79 bits per heavy atom. The molecule has 0 bridgehead atoms. The summed E-state index contributed by atoms with van der Waals surface area (Å²) in [6.07, 6.45) is 1.82. The van der Waals surface area contributed by atoms with Gasteiger partial charge < -0.3 is 4.98 Å². The van der Waals surface area contributed by atoms with Crippen LogP contribution < -0.4 is 0 Å². The van der Waals surface area contributed by atoms with E-state index in [-0.39, 0.29) is 0 Å². The third kappa shape index (κ3) is 2.29. The first kappa shape index (κ1) is 13.1. The monoisotopic (exact) mass is 427 g/mol. The van der Waals surface area contributed by atoms with Gasteiger partial charge >= 0.3 is 0 Å². The Bertz CT molecular complexity index is 759. The van der Waals surface area contributed by atoms with Crippen molar-refractivity contribution in [1.82, 2.24) is 15.0 Å². The number of nitrogens with one attached hydrogen (secondary N) is 1. The van der Waals surface area contributed by atoms with Crippen LogP contribution in [0.4, 0.5) is 0 Å². The van der Waals surface area contributed by atoms with E-state index in [0.29, 0.717) is 0 Å². The summed E-state index contributed by atoms with van der Waals surface area (Å²) >= 11 is 5.84. The van der Waals surface area contributed by atoms with Crippen LogP contribution in [-0.2, 0) is 0 Å². The number of aryl methyl sites for hydroxylation is 2. The van der Waals surface area contributed by atoms with Crippen molar-refractivity contribution in [2.45, 2.75) is 13.8 Å². The average molecular weight is 428 g/mol. The Labute approximate surface area is 133 Å². The molecule has 0 spiro atoms. The number of aromatic amines is 1. The van der Waals surface area contributed by atoms with Gasteiger partial charge in [0.15, 0.2) is 0 Å². The smallest absolute Gasteiger partial charge is 0.141 e. The van der Waals surface area contributed by atoms with Gasteiger partial charge in [0.25, 0.3) is 0 Å². The second-order valence-electron chi connectivity index (χ2n) is 4.46. The predicted octanol–water partition coefficient (Wildman–Crippen LogP) is 4.61. The first-order chi connectivity index (χ1) is 9.06. The molecule has 2 aromatic heterocycles. The lowest BCUT2D eigenvalue weighted by Crippen LogP contribution is -1.92. The minimum atomic E-state index is 0.881. The molecule has 2 heterocycles. The first-order valence-corrected chi connectivity index (χ1v) is 7.71. The van der Waals surface area contributed by atoms with Crippen LogP contribution in [0.2, 0.25) is 0 Å². The summed E-state index contributed by atoms with van der Waals surface area (Å²) in [5, 5.41) is 0. The number of H-pyrrole nitrogens is 1. The molecule has 0 fully saturated rings. The number of hydrogen-bond acceptors (Lipinski definition) is 2. The highest BCUT2D eigenvalue weighted by Crippen LogP contribution is 2.29. The van der Waals surface area contributed by atoms with E-state index in [1.165, 1.54) is 0 Å². The topological polar surface area (TPSA) is 41.6 Å². The van der Waals surface area contributed by atoms with Crippen molar-refractivity contribution in [2.24, 2.45) is 0 Å². The summed E-state index contributed by atoms with van der Waals surface area (Å²) in [5.41, 5.74) is 5.28. The number of aromatic nitrogens is 3. The average Bonchev–Trinajstić information content (AvgIpc) is 2.72. The maximum absolute atomic E-state index is 4.72. The molecule has 0 unspecified atom stereocenters. The highest BCUT2D eigenvalue weighted by molar-refractivity contribution is 14.1. The minimum Gasteiger partial charge on any atom is -0.338 e. The number of fused-ring (bicyclic) bond motifs is 1. The van der Waals surface area contributed by atoms with Crippen molar-refractivity contribution in [3.63, 3.8) is 0 Å². The summed E-state index contributed by atoms with van der Waals surface area (Å²) in [6, 6.07) is 6.13.